The molecule has 7 nitrogen and oxygen atoms in total. The number of thioether (sulfide) groups is 1. The number of anilines is 2. The second-order valence-electron chi connectivity index (χ2n) is 5.95. The Bertz CT molecular complexity index is 1300. The van der Waals surface area contributed by atoms with Gasteiger partial charge in [0, 0.05) is 10.4 Å². The highest BCUT2D eigenvalue weighted by atomic mass is 32.2. The molecule has 0 unspecified atom stereocenters. The lowest BCUT2D eigenvalue weighted by molar-refractivity contribution is -0.113. The highest BCUT2D eigenvalue weighted by molar-refractivity contribution is 8.00. The fourth-order valence-corrected chi connectivity index (χ4v) is 5.24. The van der Waals surface area contributed by atoms with Crippen molar-refractivity contribution in [3.8, 4) is 22.6 Å². The number of pyridine rings is 1. The van der Waals surface area contributed by atoms with Crippen LogP contribution in [-0.4, -0.2) is 21.6 Å². The lowest BCUT2D eigenvalue weighted by Crippen LogP contribution is -2.14. The first-order valence-corrected chi connectivity index (χ1v) is 11.2. The zero-order valence-corrected chi connectivity index (χ0v) is 17.7. The number of nitrogens with one attached hydrogen (secondary N) is 1. The molecule has 0 aliphatic heterocycles. The number of para-hydroxylation sites is 1. The van der Waals surface area contributed by atoms with Gasteiger partial charge in [-0.2, -0.15) is 10.5 Å². The number of nitrogens with zero attached hydrogens (tertiary/aromatic N) is 4. The predicted octanol–water partition coefficient (Wildman–Crippen LogP) is 4.48. The summed E-state index contributed by atoms with van der Waals surface area (Å²) in [6.45, 7) is 0. The van der Waals surface area contributed by atoms with E-state index in [1.165, 1.54) is 22.7 Å². The first kappa shape index (κ1) is 19.9. The van der Waals surface area contributed by atoms with Crippen molar-refractivity contribution in [2.24, 2.45) is 0 Å². The molecule has 3 aromatic heterocycles. The van der Waals surface area contributed by atoms with Gasteiger partial charge >= 0.3 is 0 Å². The number of nitriles is 2. The number of thiazole rings is 1. The van der Waals surface area contributed by atoms with E-state index in [0.29, 0.717) is 15.7 Å². The summed E-state index contributed by atoms with van der Waals surface area (Å²) in [7, 11) is 0. The van der Waals surface area contributed by atoms with E-state index in [4.69, 9.17) is 5.73 Å². The van der Waals surface area contributed by atoms with E-state index in [-0.39, 0.29) is 28.6 Å². The summed E-state index contributed by atoms with van der Waals surface area (Å²) < 4.78 is 0.981. The van der Waals surface area contributed by atoms with Crippen LogP contribution in [0.2, 0.25) is 0 Å². The topological polar surface area (TPSA) is 128 Å². The summed E-state index contributed by atoms with van der Waals surface area (Å²) in [5.41, 5.74) is 7.65. The van der Waals surface area contributed by atoms with E-state index in [0.717, 1.165) is 26.9 Å². The largest absolute Gasteiger partial charge is 0.383 e. The molecule has 0 saturated heterocycles. The average Bonchev–Trinajstić information content (AvgIpc) is 3.41. The van der Waals surface area contributed by atoms with E-state index >= 15 is 0 Å². The van der Waals surface area contributed by atoms with Crippen LogP contribution in [0.5, 0.6) is 0 Å². The van der Waals surface area contributed by atoms with Gasteiger partial charge in [-0.05, 0) is 23.6 Å². The van der Waals surface area contributed by atoms with Crippen molar-refractivity contribution in [3.63, 3.8) is 0 Å². The molecule has 0 spiro atoms. The van der Waals surface area contributed by atoms with Crippen molar-refractivity contribution in [2.75, 3.05) is 16.8 Å². The number of hydrogen-bond acceptors (Lipinski definition) is 9. The van der Waals surface area contributed by atoms with Crippen molar-refractivity contribution >= 4 is 61.5 Å². The summed E-state index contributed by atoms with van der Waals surface area (Å²) in [5.74, 6) is -0.216. The molecule has 0 bridgehead atoms. The molecule has 3 heterocycles. The number of hydrogen-bond donors (Lipinski definition) is 2. The quantitative estimate of drug-likeness (QED) is 0.431. The van der Waals surface area contributed by atoms with Crippen molar-refractivity contribution in [1.29, 1.82) is 10.5 Å². The van der Waals surface area contributed by atoms with Crippen LogP contribution >= 0.6 is 34.4 Å². The maximum atomic E-state index is 12.4. The molecule has 10 heteroatoms. The second-order valence-corrected chi connectivity index (χ2v) is 8.89. The van der Waals surface area contributed by atoms with E-state index in [9.17, 15) is 15.3 Å². The summed E-state index contributed by atoms with van der Waals surface area (Å²) in [6, 6.07) is 15.4. The Morgan fingerprint density at radius 1 is 1.13 bits per heavy atom. The zero-order valence-electron chi connectivity index (χ0n) is 15.2. The molecule has 4 aromatic rings. The summed E-state index contributed by atoms with van der Waals surface area (Å²) in [4.78, 5) is 21.8. The maximum Gasteiger partial charge on any atom is 0.236 e. The van der Waals surface area contributed by atoms with Gasteiger partial charge < -0.3 is 11.1 Å². The Morgan fingerprint density at radius 2 is 1.93 bits per heavy atom. The van der Waals surface area contributed by atoms with Crippen LogP contribution in [-0.2, 0) is 4.79 Å². The third-order valence-corrected chi connectivity index (χ3v) is 6.88. The van der Waals surface area contributed by atoms with Crippen LogP contribution in [0.1, 0.15) is 11.1 Å². The minimum atomic E-state index is -0.273. The molecule has 1 amide bonds. The summed E-state index contributed by atoms with van der Waals surface area (Å²) in [6.07, 6.45) is 0. The van der Waals surface area contributed by atoms with Crippen molar-refractivity contribution < 1.29 is 4.79 Å². The molecule has 0 aliphatic rings. The molecule has 0 saturated carbocycles. The Labute approximate surface area is 183 Å². The monoisotopic (exact) mass is 448 g/mol. The normalized spacial score (nSPS) is 10.5. The fourth-order valence-electron chi connectivity index (χ4n) is 2.78. The van der Waals surface area contributed by atoms with E-state index in [2.05, 4.69) is 21.4 Å². The van der Waals surface area contributed by atoms with Crippen LogP contribution in [0, 0.1) is 22.7 Å². The molecule has 146 valence electrons. The molecular formula is C20H12N6OS3. The van der Waals surface area contributed by atoms with E-state index in [1.807, 2.05) is 47.8 Å². The lowest BCUT2D eigenvalue weighted by Gasteiger charge is -2.11. The standard InChI is InChI=1S/C20H12N6OS3/c21-8-11-17(15-6-3-7-28-15)12(9-22)19(26-18(11)23)29-10-16(27)25-20-24-13-4-1-2-5-14(13)30-20/h1-7H,10H2,(H2,23,26)(H,24,25,27). The number of carbonyl (C=O) groups excluding carboxylic acids is 1. The van der Waals surface area contributed by atoms with E-state index < -0.39 is 0 Å². The van der Waals surface area contributed by atoms with Gasteiger partial charge in [0.25, 0.3) is 0 Å². The first-order valence-electron chi connectivity index (χ1n) is 8.56. The van der Waals surface area contributed by atoms with Crippen LogP contribution in [0.15, 0.2) is 46.8 Å². The second kappa shape index (κ2) is 8.51. The summed E-state index contributed by atoms with van der Waals surface area (Å²) >= 11 is 3.88. The Morgan fingerprint density at radius 3 is 2.63 bits per heavy atom. The van der Waals surface area contributed by atoms with Crippen molar-refractivity contribution in [2.45, 2.75) is 5.03 Å². The lowest BCUT2D eigenvalue weighted by atomic mass is 10.0. The molecule has 1 aromatic carbocycles. The van der Waals surface area contributed by atoms with Gasteiger partial charge in [-0.25, -0.2) is 9.97 Å². The number of nitrogen functional groups attached to an aromatic ring is 1. The van der Waals surface area contributed by atoms with E-state index in [1.54, 1.807) is 0 Å². The maximum absolute atomic E-state index is 12.4. The minimum absolute atomic E-state index is 0.0207. The third-order valence-electron chi connectivity index (χ3n) is 4.06. The van der Waals surface area contributed by atoms with Gasteiger partial charge in [-0.15, -0.1) is 11.3 Å². The highest BCUT2D eigenvalue weighted by Crippen LogP contribution is 2.37. The first-order chi connectivity index (χ1) is 14.6. The molecule has 3 N–H and O–H groups in total. The van der Waals surface area contributed by atoms with Gasteiger partial charge in [0.1, 0.15) is 28.5 Å². The molecule has 4 rings (SSSR count). The Balaban J connectivity index is 1.58. The summed E-state index contributed by atoms with van der Waals surface area (Å²) in [5, 5.41) is 24.7. The van der Waals surface area contributed by atoms with Crippen molar-refractivity contribution in [1.82, 2.24) is 9.97 Å². The van der Waals surface area contributed by atoms with Crippen LogP contribution in [0.25, 0.3) is 20.7 Å². The molecular weight excluding hydrogens is 436 g/mol. The third kappa shape index (κ3) is 3.84. The fraction of sp³-hybridized carbons (Fsp3) is 0.0500. The van der Waals surface area contributed by atoms with Gasteiger partial charge in [0.05, 0.1) is 21.5 Å². The zero-order chi connectivity index (χ0) is 21.1. The number of nitrogens with two attached hydrogens (primary N) is 1. The number of carbonyl (C=O) groups is 1. The number of thiophene rings is 1. The van der Waals surface area contributed by atoms with Gasteiger partial charge in [0.15, 0.2) is 5.13 Å². The smallest absolute Gasteiger partial charge is 0.236 e. The van der Waals surface area contributed by atoms with Gasteiger partial charge in [-0.1, -0.05) is 41.3 Å². The molecule has 0 fully saturated rings. The number of rotatable bonds is 5. The number of amides is 1. The average molecular weight is 449 g/mol. The molecule has 0 aliphatic carbocycles. The molecule has 0 atom stereocenters. The van der Waals surface area contributed by atoms with Crippen LogP contribution in [0.3, 0.4) is 0 Å². The number of aromatic nitrogens is 2. The minimum Gasteiger partial charge on any atom is -0.383 e. The number of fused-ring (bicyclic) bond motifs is 1. The molecule has 0 radical (unpaired) electrons. The van der Waals surface area contributed by atoms with Crippen LogP contribution in [0.4, 0.5) is 10.9 Å². The number of benzene rings is 1. The SMILES string of the molecule is N#Cc1c(N)nc(SCC(=O)Nc2nc3ccccc3s2)c(C#N)c1-c1cccs1. The molecule has 30 heavy (non-hydrogen) atoms. The van der Waals surface area contributed by atoms with Gasteiger partial charge in [0.2, 0.25) is 5.91 Å². The predicted molar refractivity (Wildman–Crippen MR) is 120 cm³/mol. The van der Waals surface area contributed by atoms with Crippen LogP contribution < -0.4 is 11.1 Å². The van der Waals surface area contributed by atoms with Gasteiger partial charge in [-0.3, -0.25) is 4.79 Å². The Hall–Kier alpha value is -3.44. The van der Waals surface area contributed by atoms with Crippen molar-refractivity contribution in [3.05, 3.63) is 52.9 Å². The highest BCUT2D eigenvalue weighted by Gasteiger charge is 2.21. The Kier molecular flexibility index (Phi) is 5.63.